The minimum atomic E-state index is 0.0660. The highest BCUT2D eigenvalue weighted by atomic mass is 16.2. The van der Waals surface area contributed by atoms with Gasteiger partial charge in [-0.05, 0) is 24.5 Å². The lowest BCUT2D eigenvalue weighted by Gasteiger charge is -2.27. The molecule has 1 aliphatic heterocycles. The zero-order chi connectivity index (χ0) is 14.4. The molecule has 1 aliphatic rings. The van der Waals surface area contributed by atoms with Gasteiger partial charge < -0.3 is 10.6 Å². The molecular weight excluding hydrogens is 250 g/mol. The Morgan fingerprint density at radius 1 is 1.30 bits per heavy atom. The van der Waals surface area contributed by atoms with Crippen molar-refractivity contribution in [1.29, 1.82) is 0 Å². The molecule has 0 aromatic heterocycles. The highest BCUT2D eigenvalue weighted by molar-refractivity contribution is 5.78. The summed E-state index contributed by atoms with van der Waals surface area (Å²) in [6.07, 6.45) is 1.05. The summed E-state index contributed by atoms with van der Waals surface area (Å²) in [7, 11) is 0. The average molecular weight is 275 g/mol. The van der Waals surface area contributed by atoms with E-state index in [1.165, 1.54) is 5.56 Å². The molecule has 4 heteroatoms. The van der Waals surface area contributed by atoms with E-state index in [1.54, 1.807) is 0 Å². The van der Waals surface area contributed by atoms with Crippen molar-refractivity contribution in [1.82, 2.24) is 15.5 Å². The highest BCUT2D eigenvalue weighted by Crippen LogP contribution is 2.13. The van der Waals surface area contributed by atoms with Crippen LogP contribution in [0.15, 0.2) is 24.3 Å². The molecule has 0 radical (unpaired) electrons. The van der Waals surface area contributed by atoms with Crippen molar-refractivity contribution in [3.63, 3.8) is 0 Å². The minimum absolute atomic E-state index is 0.0660. The van der Waals surface area contributed by atoms with E-state index >= 15 is 0 Å². The van der Waals surface area contributed by atoms with Crippen molar-refractivity contribution in [2.75, 3.05) is 32.7 Å². The van der Waals surface area contributed by atoms with E-state index in [0.29, 0.717) is 6.54 Å². The van der Waals surface area contributed by atoms with E-state index in [-0.39, 0.29) is 11.9 Å². The van der Waals surface area contributed by atoms with E-state index in [1.807, 2.05) is 6.92 Å². The lowest BCUT2D eigenvalue weighted by molar-refractivity contribution is -0.123. The van der Waals surface area contributed by atoms with Gasteiger partial charge >= 0.3 is 0 Å². The summed E-state index contributed by atoms with van der Waals surface area (Å²) in [5.41, 5.74) is 2.49. The largest absolute Gasteiger partial charge is 0.348 e. The summed E-state index contributed by atoms with van der Waals surface area (Å²) in [4.78, 5) is 14.2. The Kier molecular flexibility index (Phi) is 5.56. The maximum absolute atomic E-state index is 12.0. The van der Waals surface area contributed by atoms with Crippen LogP contribution in [0, 0.1) is 0 Å². The number of carbonyl (C=O) groups is 1. The zero-order valence-corrected chi connectivity index (χ0v) is 12.5. The molecule has 1 fully saturated rings. The number of benzene rings is 1. The summed E-state index contributed by atoms with van der Waals surface area (Å²) < 4.78 is 0. The van der Waals surface area contributed by atoms with Gasteiger partial charge in [0.2, 0.25) is 5.91 Å². The maximum atomic E-state index is 12.0. The molecule has 2 N–H and O–H groups in total. The van der Waals surface area contributed by atoms with Crippen LogP contribution in [0.5, 0.6) is 0 Å². The number of amides is 1. The molecule has 1 heterocycles. The number of nitrogens with zero attached hydrogens (tertiary/aromatic N) is 1. The molecule has 0 aliphatic carbocycles. The first-order valence-electron chi connectivity index (χ1n) is 7.50. The van der Waals surface area contributed by atoms with E-state index in [2.05, 4.69) is 46.7 Å². The second-order valence-electron chi connectivity index (χ2n) is 5.41. The van der Waals surface area contributed by atoms with Gasteiger partial charge in [0, 0.05) is 26.2 Å². The molecule has 110 valence electrons. The van der Waals surface area contributed by atoms with Crippen molar-refractivity contribution < 1.29 is 4.79 Å². The molecule has 1 aromatic rings. The molecular formula is C16H25N3O. The number of rotatable bonds is 5. The van der Waals surface area contributed by atoms with Crippen LogP contribution in [0.2, 0.25) is 0 Å². The smallest absolute Gasteiger partial charge is 0.234 e. The minimum Gasteiger partial charge on any atom is -0.348 e. The maximum Gasteiger partial charge on any atom is 0.234 e. The molecule has 0 bridgehead atoms. The number of piperazine rings is 1. The SMILES string of the molecule is CCc1ccc(C(C)NC(=O)CN2CCNCC2)cc1. The topological polar surface area (TPSA) is 44.4 Å². The molecule has 1 unspecified atom stereocenters. The van der Waals surface area contributed by atoms with Gasteiger partial charge in [0.15, 0.2) is 0 Å². The molecule has 20 heavy (non-hydrogen) atoms. The first-order valence-corrected chi connectivity index (χ1v) is 7.50. The lowest BCUT2D eigenvalue weighted by atomic mass is 10.1. The van der Waals surface area contributed by atoms with Crippen LogP contribution in [-0.4, -0.2) is 43.5 Å². The molecule has 1 amide bonds. The van der Waals surface area contributed by atoms with Crippen LogP contribution in [0.4, 0.5) is 0 Å². The summed E-state index contributed by atoms with van der Waals surface area (Å²) in [5.74, 6) is 0.110. The van der Waals surface area contributed by atoms with Crippen LogP contribution >= 0.6 is 0 Å². The Balaban J connectivity index is 1.82. The first kappa shape index (κ1) is 15.0. The fraction of sp³-hybridized carbons (Fsp3) is 0.562. The summed E-state index contributed by atoms with van der Waals surface area (Å²) >= 11 is 0. The summed E-state index contributed by atoms with van der Waals surface area (Å²) in [6, 6.07) is 8.54. The Hall–Kier alpha value is -1.39. The standard InChI is InChI=1S/C16H25N3O/c1-3-14-4-6-15(7-5-14)13(2)18-16(20)12-19-10-8-17-9-11-19/h4-7,13,17H,3,8-12H2,1-2H3,(H,18,20). The second kappa shape index (κ2) is 7.41. The number of nitrogens with one attached hydrogen (secondary N) is 2. The third kappa shape index (κ3) is 4.32. The van der Waals surface area contributed by atoms with Gasteiger partial charge in [0.05, 0.1) is 12.6 Å². The van der Waals surface area contributed by atoms with Crippen molar-refractivity contribution in [3.8, 4) is 0 Å². The third-order valence-electron chi connectivity index (χ3n) is 3.84. The monoisotopic (exact) mass is 275 g/mol. The predicted octanol–water partition coefficient (Wildman–Crippen LogP) is 1.33. The number of aryl methyl sites for hydroxylation is 1. The van der Waals surface area contributed by atoms with Crippen molar-refractivity contribution >= 4 is 5.91 Å². The molecule has 4 nitrogen and oxygen atoms in total. The Morgan fingerprint density at radius 2 is 1.95 bits per heavy atom. The third-order valence-corrected chi connectivity index (χ3v) is 3.84. The first-order chi connectivity index (χ1) is 9.69. The molecule has 1 saturated heterocycles. The van der Waals surface area contributed by atoms with Crippen LogP contribution in [0.1, 0.15) is 31.0 Å². The van der Waals surface area contributed by atoms with E-state index in [0.717, 1.165) is 38.2 Å². The van der Waals surface area contributed by atoms with Gasteiger partial charge in [-0.15, -0.1) is 0 Å². The van der Waals surface area contributed by atoms with Crippen LogP contribution in [0.3, 0.4) is 0 Å². The van der Waals surface area contributed by atoms with Gasteiger partial charge in [-0.3, -0.25) is 9.69 Å². The second-order valence-corrected chi connectivity index (χ2v) is 5.41. The molecule has 2 rings (SSSR count). The average Bonchev–Trinajstić information content (AvgIpc) is 2.48. The van der Waals surface area contributed by atoms with E-state index in [4.69, 9.17) is 0 Å². The van der Waals surface area contributed by atoms with Crippen molar-refractivity contribution in [2.45, 2.75) is 26.3 Å². The number of hydrogen-bond acceptors (Lipinski definition) is 3. The molecule has 1 atom stereocenters. The quantitative estimate of drug-likeness (QED) is 0.852. The normalized spacial score (nSPS) is 17.7. The summed E-state index contributed by atoms with van der Waals surface area (Å²) in [5, 5.41) is 6.37. The highest BCUT2D eigenvalue weighted by Gasteiger charge is 2.15. The van der Waals surface area contributed by atoms with Crippen LogP contribution < -0.4 is 10.6 Å². The lowest BCUT2D eigenvalue weighted by Crippen LogP contribution is -2.47. The Bertz CT molecular complexity index is 424. The van der Waals surface area contributed by atoms with Gasteiger partial charge in [0.1, 0.15) is 0 Å². The Labute approximate surface area is 121 Å². The van der Waals surface area contributed by atoms with E-state index < -0.39 is 0 Å². The molecule has 0 saturated carbocycles. The van der Waals surface area contributed by atoms with Crippen LogP contribution in [0.25, 0.3) is 0 Å². The summed E-state index contributed by atoms with van der Waals surface area (Å²) in [6.45, 7) is 8.53. The fourth-order valence-electron chi connectivity index (χ4n) is 2.48. The molecule has 1 aromatic carbocycles. The van der Waals surface area contributed by atoms with Gasteiger partial charge in [-0.25, -0.2) is 0 Å². The number of carbonyl (C=O) groups excluding carboxylic acids is 1. The Morgan fingerprint density at radius 3 is 2.55 bits per heavy atom. The van der Waals surface area contributed by atoms with Gasteiger partial charge in [-0.1, -0.05) is 31.2 Å². The van der Waals surface area contributed by atoms with E-state index in [9.17, 15) is 4.79 Å². The van der Waals surface area contributed by atoms with Crippen LogP contribution in [-0.2, 0) is 11.2 Å². The molecule has 0 spiro atoms. The number of hydrogen-bond donors (Lipinski definition) is 2. The van der Waals surface area contributed by atoms with Crippen molar-refractivity contribution in [3.05, 3.63) is 35.4 Å². The zero-order valence-electron chi connectivity index (χ0n) is 12.5. The fourth-order valence-corrected chi connectivity index (χ4v) is 2.48. The van der Waals surface area contributed by atoms with Gasteiger partial charge in [-0.2, -0.15) is 0 Å². The van der Waals surface area contributed by atoms with Gasteiger partial charge in [0.25, 0.3) is 0 Å². The predicted molar refractivity (Wildman–Crippen MR) is 81.7 cm³/mol. The van der Waals surface area contributed by atoms with Crippen molar-refractivity contribution in [2.24, 2.45) is 0 Å².